The number of nitro groups is 1. The molecule has 0 fully saturated rings. The van der Waals surface area contributed by atoms with Crippen molar-refractivity contribution in [3.8, 4) is 11.5 Å². The second-order valence-electron chi connectivity index (χ2n) is 8.97. The number of nitrogens with one attached hydrogen (secondary N) is 2. The third-order valence-electron chi connectivity index (χ3n) is 6.47. The predicted molar refractivity (Wildman–Crippen MR) is 149 cm³/mol. The molecular weight excluding hydrogens is 510 g/mol. The van der Waals surface area contributed by atoms with E-state index in [9.17, 15) is 19.7 Å². The smallest absolute Gasteiger partial charge is 0.320 e. The first-order valence-electron chi connectivity index (χ1n) is 12.5. The average molecular weight is 536 g/mol. The highest BCUT2D eigenvalue weighted by molar-refractivity contribution is 6.16. The molecule has 0 saturated heterocycles. The van der Waals surface area contributed by atoms with Crippen LogP contribution in [0.1, 0.15) is 33.1 Å². The quantitative estimate of drug-likeness (QED) is 0.158. The molecule has 0 aromatic heterocycles. The van der Waals surface area contributed by atoms with E-state index in [1.165, 1.54) is 19.2 Å². The number of carbonyl (C=O) groups excluding carboxylic acids is 2. The van der Waals surface area contributed by atoms with Crippen LogP contribution in [0.5, 0.6) is 11.5 Å². The zero-order valence-electron chi connectivity index (χ0n) is 21.5. The number of ether oxygens (including phenoxy) is 2. The first kappa shape index (κ1) is 26.2. The van der Waals surface area contributed by atoms with Gasteiger partial charge in [0.05, 0.1) is 41.0 Å². The summed E-state index contributed by atoms with van der Waals surface area (Å²) in [5.74, 6) is -0.0167. The minimum absolute atomic E-state index is 0.0801. The monoisotopic (exact) mass is 535 g/mol. The van der Waals surface area contributed by atoms with Crippen molar-refractivity contribution < 1.29 is 24.0 Å². The molecule has 2 amide bonds. The Kier molecular flexibility index (Phi) is 7.54. The second-order valence-corrected chi connectivity index (χ2v) is 8.97. The SMILES string of the molecule is COc1cc([C@H]2NC(=O)NC(c3ccccc3)=C2C(=O)c2ccccc2)c([N+](=O)[O-])cc1OCc1ccccc1. The van der Waals surface area contributed by atoms with Gasteiger partial charge in [-0.25, -0.2) is 4.79 Å². The normalized spacial score (nSPS) is 14.6. The molecule has 1 aliphatic rings. The van der Waals surface area contributed by atoms with Crippen molar-refractivity contribution in [1.82, 2.24) is 10.6 Å². The molecule has 40 heavy (non-hydrogen) atoms. The average Bonchev–Trinajstić information content (AvgIpc) is 3.00. The van der Waals surface area contributed by atoms with Crippen LogP contribution in [0.15, 0.2) is 109 Å². The lowest BCUT2D eigenvalue weighted by Crippen LogP contribution is -2.45. The highest BCUT2D eigenvalue weighted by Gasteiger charge is 2.38. The fourth-order valence-electron chi connectivity index (χ4n) is 4.58. The summed E-state index contributed by atoms with van der Waals surface area (Å²) < 4.78 is 11.4. The predicted octanol–water partition coefficient (Wildman–Crippen LogP) is 5.83. The minimum Gasteiger partial charge on any atom is -0.493 e. The number of ketones is 1. The Morgan fingerprint density at radius 3 is 2.15 bits per heavy atom. The number of hydrogen-bond donors (Lipinski definition) is 2. The van der Waals surface area contributed by atoms with Crippen LogP contribution in [0.25, 0.3) is 5.70 Å². The molecule has 1 heterocycles. The highest BCUT2D eigenvalue weighted by Crippen LogP contribution is 2.42. The van der Waals surface area contributed by atoms with E-state index in [4.69, 9.17) is 9.47 Å². The van der Waals surface area contributed by atoms with Gasteiger partial charge in [0, 0.05) is 5.56 Å². The van der Waals surface area contributed by atoms with Crippen molar-refractivity contribution in [2.24, 2.45) is 0 Å². The third kappa shape index (κ3) is 5.39. The topological polar surface area (TPSA) is 120 Å². The number of carbonyl (C=O) groups is 2. The standard InChI is InChI=1S/C31H25N3O6/c1-39-25-17-23(24(34(37)38)18-26(25)40-19-20-11-5-2-6-12-20)29-27(30(35)22-15-9-4-10-16-22)28(32-31(36)33-29)21-13-7-3-8-14-21/h2-18,29H,19H2,1H3,(H2,32,33,36)/t29-/m1/s1. The molecule has 0 unspecified atom stereocenters. The number of nitro benzene ring substituents is 1. The Morgan fingerprint density at radius 2 is 1.52 bits per heavy atom. The van der Waals surface area contributed by atoms with Crippen molar-refractivity contribution in [2.75, 3.05) is 7.11 Å². The van der Waals surface area contributed by atoms with E-state index in [-0.39, 0.29) is 40.6 Å². The van der Waals surface area contributed by atoms with Gasteiger partial charge in [-0.2, -0.15) is 0 Å². The van der Waals surface area contributed by atoms with E-state index in [0.29, 0.717) is 11.1 Å². The Hall–Kier alpha value is -5.44. The minimum atomic E-state index is -1.16. The zero-order valence-corrected chi connectivity index (χ0v) is 21.5. The van der Waals surface area contributed by atoms with Gasteiger partial charge in [0.2, 0.25) is 0 Å². The Labute approximate surface area is 230 Å². The molecular formula is C31H25N3O6. The van der Waals surface area contributed by atoms with Gasteiger partial charge >= 0.3 is 6.03 Å². The number of amides is 2. The fourth-order valence-corrected chi connectivity index (χ4v) is 4.58. The summed E-state index contributed by atoms with van der Waals surface area (Å²) in [7, 11) is 1.42. The summed E-state index contributed by atoms with van der Waals surface area (Å²) in [4.78, 5) is 38.7. The molecule has 0 bridgehead atoms. The summed E-state index contributed by atoms with van der Waals surface area (Å²) in [6, 6.07) is 27.7. The van der Waals surface area contributed by atoms with E-state index in [0.717, 1.165) is 5.56 Å². The molecule has 4 aromatic carbocycles. The molecule has 0 aliphatic carbocycles. The van der Waals surface area contributed by atoms with E-state index in [1.54, 1.807) is 54.6 Å². The first-order chi connectivity index (χ1) is 19.5. The van der Waals surface area contributed by atoms with E-state index >= 15 is 0 Å². The summed E-state index contributed by atoms with van der Waals surface area (Å²) in [5.41, 5.74) is 1.98. The second kappa shape index (κ2) is 11.5. The Balaban J connectivity index is 1.67. The number of benzene rings is 4. The summed E-state index contributed by atoms with van der Waals surface area (Å²) in [5, 5.41) is 17.8. The molecule has 5 rings (SSSR count). The molecule has 0 spiro atoms. The van der Waals surface area contributed by atoms with Gasteiger partial charge in [0.15, 0.2) is 17.3 Å². The van der Waals surface area contributed by atoms with Gasteiger partial charge in [-0.1, -0.05) is 91.0 Å². The van der Waals surface area contributed by atoms with Crippen LogP contribution < -0.4 is 20.1 Å². The molecule has 2 N–H and O–H groups in total. The van der Waals surface area contributed by atoms with Gasteiger partial charge in [0.1, 0.15) is 6.61 Å². The number of urea groups is 1. The molecule has 9 nitrogen and oxygen atoms in total. The van der Waals surface area contributed by atoms with E-state index in [1.807, 2.05) is 36.4 Å². The fraction of sp³-hybridized carbons (Fsp3) is 0.0968. The number of methoxy groups -OCH3 is 1. The van der Waals surface area contributed by atoms with Crippen molar-refractivity contribution >= 4 is 23.2 Å². The van der Waals surface area contributed by atoms with Gasteiger partial charge in [-0.15, -0.1) is 0 Å². The molecule has 0 radical (unpaired) electrons. The van der Waals surface area contributed by atoms with Crippen molar-refractivity contribution in [3.63, 3.8) is 0 Å². The number of hydrogen-bond acceptors (Lipinski definition) is 6. The van der Waals surface area contributed by atoms with E-state index < -0.39 is 22.8 Å². The largest absolute Gasteiger partial charge is 0.493 e. The Bertz CT molecular complexity index is 1590. The van der Waals surface area contributed by atoms with Crippen molar-refractivity contribution in [1.29, 1.82) is 0 Å². The maximum absolute atomic E-state index is 14.0. The van der Waals surface area contributed by atoms with Crippen LogP contribution in [0.3, 0.4) is 0 Å². The maximum Gasteiger partial charge on any atom is 0.320 e. The van der Waals surface area contributed by atoms with Gasteiger partial charge in [-0.05, 0) is 17.2 Å². The third-order valence-corrected chi connectivity index (χ3v) is 6.47. The number of Topliss-reactive ketones (excluding diaryl/α,β-unsaturated/α-hetero) is 1. The van der Waals surface area contributed by atoms with Crippen LogP contribution in [-0.2, 0) is 6.61 Å². The lowest BCUT2D eigenvalue weighted by molar-refractivity contribution is -0.385. The van der Waals surface area contributed by atoms with Gasteiger partial charge in [0.25, 0.3) is 5.69 Å². The van der Waals surface area contributed by atoms with E-state index in [2.05, 4.69) is 10.6 Å². The van der Waals surface area contributed by atoms with Crippen LogP contribution in [0.2, 0.25) is 0 Å². The molecule has 4 aromatic rings. The van der Waals surface area contributed by atoms with Crippen LogP contribution in [0.4, 0.5) is 10.5 Å². The highest BCUT2D eigenvalue weighted by atomic mass is 16.6. The summed E-state index contributed by atoms with van der Waals surface area (Å²) in [6.07, 6.45) is 0. The zero-order chi connectivity index (χ0) is 28.1. The molecule has 1 aliphatic heterocycles. The molecule has 9 heteroatoms. The lowest BCUT2D eigenvalue weighted by atomic mass is 9.86. The van der Waals surface area contributed by atoms with Gasteiger partial charge < -0.3 is 20.1 Å². The van der Waals surface area contributed by atoms with Crippen LogP contribution in [-0.4, -0.2) is 23.8 Å². The molecule has 200 valence electrons. The van der Waals surface area contributed by atoms with Crippen LogP contribution in [0, 0.1) is 10.1 Å². The lowest BCUT2D eigenvalue weighted by Gasteiger charge is -2.30. The first-order valence-corrected chi connectivity index (χ1v) is 12.5. The maximum atomic E-state index is 14.0. The summed E-state index contributed by atoms with van der Waals surface area (Å²) >= 11 is 0. The van der Waals surface area contributed by atoms with Crippen molar-refractivity contribution in [2.45, 2.75) is 12.6 Å². The van der Waals surface area contributed by atoms with Crippen LogP contribution >= 0.6 is 0 Å². The number of rotatable bonds is 9. The van der Waals surface area contributed by atoms with Crippen molar-refractivity contribution in [3.05, 3.63) is 141 Å². The molecule has 1 atom stereocenters. The molecule has 0 saturated carbocycles. The Morgan fingerprint density at radius 1 is 0.900 bits per heavy atom. The van der Waals surface area contributed by atoms with Gasteiger partial charge in [-0.3, -0.25) is 14.9 Å². The summed E-state index contributed by atoms with van der Waals surface area (Å²) in [6.45, 7) is 0.160. The number of nitrogens with zero attached hydrogens (tertiary/aromatic N) is 1.